The molecule has 0 aromatic carbocycles. The van der Waals surface area contributed by atoms with Gasteiger partial charge in [-0.25, -0.2) is 9.50 Å². The maximum absolute atomic E-state index is 12.6. The molecule has 0 bridgehead atoms. The van der Waals surface area contributed by atoms with Crippen molar-refractivity contribution in [3.63, 3.8) is 0 Å². The third-order valence-electron chi connectivity index (χ3n) is 4.81. The van der Waals surface area contributed by atoms with Gasteiger partial charge in [0.1, 0.15) is 0 Å². The van der Waals surface area contributed by atoms with Crippen molar-refractivity contribution in [1.82, 2.24) is 24.5 Å². The van der Waals surface area contributed by atoms with Gasteiger partial charge in [0, 0.05) is 31.4 Å². The highest BCUT2D eigenvalue weighted by Gasteiger charge is 2.17. The molecule has 0 unspecified atom stereocenters. The summed E-state index contributed by atoms with van der Waals surface area (Å²) in [5.74, 6) is 0.00638. The molecule has 2 atom stereocenters. The fourth-order valence-corrected chi connectivity index (χ4v) is 2.93. The Morgan fingerprint density at radius 2 is 2.19 bits per heavy atom. The summed E-state index contributed by atoms with van der Waals surface area (Å²) in [4.78, 5) is 29.0. The van der Waals surface area contributed by atoms with Gasteiger partial charge in [0.15, 0.2) is 5.65 Å². The van der Waals surface area contributed by atoms with E-state index in [0.717, 1.165) is 6.42 Å². The monoisotopic (exact) mass is 357 g/mol. The molecule has 3 aromatic heterocycles. The maximum Gasteiger partial charge on any atom is 0.261 e. The van der Waals surface area contributed by atoms with Crippen molar-refractivity contribution >= 4 is 22.5 Å². The van der Waals surface area contributed by atoms with E-state index in [9.17, 15) is 14.7 Å². The zero-order chi connectivity index (χ0) is 18.7. The van der Waals surface area contributed by atoms with Gasteiger partial charge >= 0.3 is 0 Å². The Labute approximate surface area is 150 Å². The summed E-state index contributed by atoms with van der Waals surface area (Å²) in [6.45, 7) is 4.16. The maximum atomic E-state index is 12.6. The van der Waals surface area contributed by atoms with Gasteiger partial charge in [-0.2, -0.15) is 5.10 Å². The van der Waals surface area contributed by atoms with Gasteiger partial charge < -0.3 is 15.0 Å². The van der Waals surface area contributed by atoms with Crippen LogP contribution in [0.25, 0.3) is 16.6 Å². The number of aliphatic hydroxyl groups excluding tert-OH is 1. The van der Waals surface area contributed by atoms with E-state index >= 15 is 0 Å². The molecule has 8 heteroatoms. The number of carbonyl (C=O) groups is 1. The van der Waals surface area contributed by atoms with Crippen LogP contribution in [0.2, 0.25) is 0 Å². The molecule has 8 nitrogen and oxygen atoms in total. The Balaban J connectivity index is 1.75. The largest absolute Gasteiger partial charge is 0.394 e. The number of rotatable bonds is 7. The first-order chi connectivity index (χ1) is 12.5. The summed E-state index contributed by atoms with van der Waals surface area (Å²) < 4.78 is 3.11. The van der Waals surface area contributed by atoms with Crippen LogP contribution >= 0.6 is 0 Å². The minimum atomic E-state index is -0.266. The standard InChI is InChI=1S/C18H23N5O3/c1-3-12(2)14(11-24)21-17(25)6-9-22-8-5-15-13(18(22)26)10-19-16-4-7-20-23(15)16/h4-5,7-8,10,12,14,24H,3,6,9,11H2,1-2H3,(H,21,25)/t12-,14+/m1/s1. The van der Waals surface area contributed by atoms with Crippen LogP contribution in [0.5, 0.6) is 0 Å². The van der Waals surface area contributed by atoms with Crippen molar-refractivity contribution in [2.75, 3.05) is 6.61 Å². The number of pyridine rings is 1. The lowest BCUT2D eigenvalue weighted by Gasteiger charge is -2.22. The molecule has 0 spiro atoms. The smallest absolute Gasteiger partial charge is 0.261 e. The predicted molar refractivity (Wildman–Crippen MR) is 97.8 cm³/mol. The molecule has 0 fully saturated rings. The minimum absolute atomic E-state index is 0.0950. The number of aromatic nitrogens is 4. The molecule has 0 aliphatic heterocycles. The lowest BCUT2D eigenvalue weighted by atomic mass is 10.00. The average molecular weight is 357 g/mol. The second kappa shape index (κ2) is 7.65. The van der Waals surface area contributed by atoms with Crippen LogP contribution in [-0.4, -0.2) is 42.8 Å². The van der Waals surface area contributed by atoms with Crippen molar-refractivity contribution in [3.8, 4) is 0 Å². The summed E-state index contributed by atoms with van der Waals surface area (Å²) in [5.41, 5.74) is 1.15. The van der Waals surface area contributed by atoms with E-state index in [1.165, 1.54) is 10.8 Å². The first kappa shape index (κ1) is 18.1. The molecular weight excluding hydrogens is 334 g/mol. The molecule has 0 saturated carbocycles. The quantitative estimate of drug-likeness (QED) is 0.656. The average Bonchev–Trinajstić information content (AvgIpc) is 3.14. The van der Waals surface area contributed by atoms with Crippen LogP contribution in [0.15, 0.2) is 35.5 Å². The third-order valence-corrected chi connectivity index (χ3v) is 4.81. The molecule has 1 amide bonds. The fourth-order valence-electron chi connectivity index (χ4n) is 2.93. The highest BCUT2D eigenvalue weighted by molar-refractivity contribution is 5.79. The zero-order valence-corrected chi connectivity index (χ0v) is 14.9. The van der Waals surface area contributed by atoms with Crippen LogP contribution < -0.4 is 10.9 Å². The molecule has 0 aliphatic rings. The van der Waals surface area contributed by atoms with Gasteiger partial charge in [-0.05, 0) is 12.0 Å². The number of carbonyl (C=O) groups excluding carboxylic acids is 1. The Morgan fingerprint density at radius 1 is 1.38 bits per heavy atom. The van der Waals surface area contributed by atoms with Gasteiger partial charge in [0.2, 0.25) is 5.91 Å². The molecular formula is C18H23N5O3. The minimum Gasteiger partial charge on any atom is -0.394 e. The molecule has 26 heavy (non-hydrogen) atoms. The van der Waals surface area contributed by atoms with Crippen molar-refractivity contribution in [2.24, 2.45) is 5.92 Å². The predicted octanol–water partition coefficient (Wildman–Crippen LogP) is 0.957. The second-order valence-corrected chi connectivity index (χ2v) is 6.46. The molecule has 0 saturated heterocycles. The van der Waals surface area contributed by atoms with Gasteiger partial charge in [-0.3, -0.25) is 9.59 Å². The van der Waals surface area contributed by atoms with E-state index in [-0.39, 0.29) is 43.0 Å². The van der Waals surface area contributed by atoms with Gasteiger partial charge in [-0.15, -0.1) is 0 Å². The molecule has 138 valence electrons. The number of amides is 1. The molecule has 2 N–H and O–H groups in total. The van der Waals surface area contributed by atoms with Crippen molar-refractivity contribution < 1.29 is 9.90 Å². The van der Waals surface area contributed by atoms with E-state index < -0.39 is 0 Å². The number of aryl methyl sites for hydroxylation is 1. The second-order valence-electron chi connectivity index (χ2n) is 6.46. The Kier molecular flexibility index (Phi) is 5.32. The molecule has 3 heterocycles. The lowest BCUT2D eigenvalue weighted by molar-refractivity contribution is -0.122. The molecule has 3 aromatic rings. The SMILES string of the molecule is CC[C@@H](C)[C@H](CO)NC(=O)CCn1ccc2c(cnc3ccnn32)c1=O. The van der Waals surface area contributed by atoms with E-state index in [1.54, 1.807) is 29.0 Å². The number of nitrogens with zero attached hydrogens (tertiary/aromatic N) is 4. The van der Waals surface area contributed by atoms with Crippen molar-refractivity contribution in [2.45, 2.75) is 39.3 Å². The number of aliphatic hydroxyl groups is 1. The summed E-state index contributed by atoms with van der Waals surface area (Å²) in [5, 5.41) is 16.9. The van der Waals surface area contributed by atoms with E-state index in [2.05, 4.69) is 15.4 Å². The van der Waals surface area contributed by atoms with Crippen molar-refractivity contribution in [3.05, 3.63) is 41.1 Å². The van der Waals surface area contributed by atoms with E-state index in [0.29, 0.717) is 16.6 Å². The fraction of sp³-hybridized carbons (Fsp3) is 0.444. The summed E-state index contributed by atoms with van der Waals surface area (Å²) in [7, 11) is 0. The van der Waals surface area contributed by atoms with E-state index in [1.807, 2.05) is 13.8 Å². The van der Waals surface area contributed by atoms with Crippen LogP contribution in [0, 0.1) is 5.92 Å². The number of hydrogen-bond acceptors (Lipinski definition) is 5. The normalized spacial score (nSPS) is 13.8. The van der Waals surface area contributed by atoms with Gasteiger partial charge in [-0.1, -0.05) is 20.3 Å². The first-order valence-electron chi connectivity index (χ1n) is 8.77. The highest BCUT2D eigenvalue weighted by Crippen LogP contribution is 2.11. The summed E-state index contributed by atoms with van der Waals surface area (Å²) in [6, 6.07) is 3.30. The first-order valence-corrected chi connectivity index (χ1v) is 8.77. The number of fused-ring (bicyclic) bond motifs is 3. The van der Waals surface area contributed by atoms with Crippen LogP contribution in [0.1, 0.15) is 26.7 Å². The topological polar surface area (TPSA) is 102 Å². The molecule has 0 radical (unpaired) electrons. The summed E-state index contributed by atoms with van der Waals surface area (Å²) >= 11 is 0. The zero-order valence-electron chi connectivity index (χ0n) is 14.9. The Morgan fingerprint density at radius 3 is 2.92 bits per heavy atom. The number of hydrogen-bond donors (Lipinski definition) is 2. The molecule has 0 aliphatic carbocycles. The lowest BCUT2D eigenvalue weighted by Crippen LogP contribution is -2.42. The van der Waals surface area contributed by atoms with Crippen LogP contribution in [0.3, 0.4) is 0 Å². The Hall–Kier alpha value is -2.74. The van der Waals surface area contributed by atoms with Crippen molar-refractivity contribution in [1.29, 1.82) is 0 Å². The molecule has 3 rings (SSSR count). The number of nitrogens with one attached hydrogen (secondary N) is 1. The van der Waals surface area contributed by atoms with Crippen LogP contribution in [0.4, 0.5) is 0 Å². The van der Waals surface area contributed by atoms with Crippen LogP contribution in [-0.2, 0) is 11.3 Å². The van der Waals surface area contributed by atoms with Gasteiger partial charge in [0.05, 0.1) is 29.7 Å². The highest BCUT2D eigenvalue weighted by atomic mass is 16.3. The van der Waals surface area contributed by atoms with E-state index in [4.69, 9.17) is 0 Å². The third kappa shape index (κ3) is 3.45. The Bertz CT molecular complexity index is 978. The summed E-state index contributed by atoms with van der Waals surface area (Å²) in [6.07, 6.45) is 5.86. The van der Waals surface area contributed by atoms with Gasteiger partial charge in [0.25, 0.3) is 5.56 Å².